The smallest absolute Gasteiger partial charge is 0.337 e. The fourth-order valence-corrected chi connectivity index (χ4v) is 2.09. The highest BCUT2D eigenvalue weighted by molar-refractivity contribution is 5.87. The van der Waals surface area contributed by atoms with Crippen molar-refractivity contribution >= 4 is 23.2 Å². The van der Waals surface area contributed by atoms with Crippen molar-refractivity contribution in [2.75, 3.05) is 23.3 Å². The van der Waals surface area contributed by atoms with Gasteiger partial charge in [0, 0.05) is 30.7 Å². The highest BCUT2D eigenvalue weighted by Gasteiger charge is 2.04. The van der Waals surface area contributed by atoms with Crippen molar-refractivity contribution in [1.82, 2.24) is 4.98 Å². The van der Waals surface area contributed by atoms with E-state index in [1.165, 1.54) is 18.0 Å². The number of hydrogen-bond donors (Lipinski definition) is 2. The predicted octanol–water partition coefficient (Wildman–Crippen LogP) is 3.37. The second-order valence-corrected chi connectivity index (χ2v) is 4.58. The van der Waals surface area contributed by atoms with Crippen molar-refractivity contribution in [1.29, 1.82) is 0 Å². The molecule has 0 unspecified atom stereocenters. The number of aromatic carboxylic acids is 1. The van der Waals surface area contributed by atoms with Crippen LogP contribution in [0.2, 0.25) is 0 Å². The van der Waals surface area contributed by atoms with E-state index in [4.69, 9.17) is 5.11 Å². The summed E-state index contributed by atoms with van der Waals surface area (Å²) in [6, 6.07) is 11.3. The second kappa shape index (κ2) is 6.74. The van der Waals surface area contributed by atoms with Gasteiger partial charge in [-0.2, -0.15) is 0 Å². The van der Waals surface area contributed by atoms with Crippen LogP contribution in [-0.4, -0.2) is 29.1 Å². The molecule has 0 bridgehead atoms. The first-order chi connectivity index (χ1) is 10.1. The molecule has 0 atom stereocenters. The Hall–Kier alpha value is -2.56. The minimum absolute atomic E-state index is 0.178. The van der Waals surface area contributed by atoms with E-state index in [9.17, 15) is 4.79 Å². The molecule has 5 nitrogen and oxygen atoms in total. The van der Waals surface area contributed by atoms with Crippen LogP contribution in [0.25, 0.3) is 0 Å². The van der Waals surface area contributed by atoms with Crippen molar-refractivity contribution in [3.63, 3.8) is 0 Å². The number of aromatic nitrogens is 1. The third kappa shape index (κ3) is 3.72. The first kappa shape index (κ1) is 14.8. The zero-order valence-electron chi connectivity index (χ0n) is 12.2. The number of pyridine rings is 1. The molecule has 5 heteroatoms. The van der Waals surface area contributed by atoms with E-state index in [0.29, 0.717) is 5.82 Å². The van der Waals surface area contributed by atoms with Crippen molar-refractivity contribution in [3.8, 4) is 0 Å². The van der Waals surface area contributed by atoms with E-state index < -0.39 is 5.97 Å². The van der Waals surface area contributed by atoms with Crippen molar-refractivity contribution in [2.45, 2.75) is 13.8 Å². The van der Waals surface area contributed by atoms with Crippen LogP contribution < -0.4 is 10.2 Å². The van der Waals surface area contributed by atoms with Crippen LogP contribution in [-0.2, 0) is 0 Å². The molecule has 2 rings (SSSR count). The number of benzene rings is 1. The summed E-state index contributed by atoms with van der Waals surface area (Å²) >= 11 is 0. The van der Waals surface area contributed by atoms with Gasteiger partial charge < -0.3 is 15.3 Å². The van der Waals surface area contributed by atoms with Gasteiger partial charge in [0.25, 0.3) is 0 Å². The van der Waals surface area contributed by atoms with Crippen molar-refractivity contribution < 1.29 is 9.90 Å². The lowest BCUT2D eigenvalue weighted by atomic mass is 10.2. The molecule has 0 amide bonds. The van der Waals surface area contributed by atoms with Crippen LogP contribution in [0, 0.1) is 0 Å². The Kier molecular flexibility index (Phi) is 4.77. The molecule has 1 aromatic carbocycles. The maximum atomic E-state index is 10.8. The largest absolute Gasteiger partial charge is 0.478 e. The number of carboxylic acids is 1. The van der Waals surface area contributed by atoms with E-state index in [1.807, 2.05) is 12.1 Å². The summed E-state index contributed by atoms with van der Waals surface area (Å²) in [5, 5.41) is 12.0. The molecule has 0 fully saturated rings. The van der Waals surface area contributed by atoms with E-state index in [2.05, 4.69) is 41.2 Å². The topological polar surface area (TPSA) is 65.5 Å². The van der Waals surface area contributed by atoms with E-state index in [1.54, 1.807) is 6.07 Å². The minimum atomic E-state index is -0.974. The Labute approximate surface area is 124 Å². The molecule has 0 aliphatic carbocycles. The van der Waals surface area contributed by atoms with Gasteiger partial charge >= 0.3 is 5.97 Å². The van der Waals surface area contributed by atoms with Gasteiger partial charge in [0.1, 0.15) is 5.82 Å². The Morgan fingerprint density at radius 1 is 1.14 bits per heavy atom. The number of rotatable bonds is 6. The monoisotopic (exact) mass is 285 g/mol. The number of anilines is 3. The summed E-state index contributed by atoms with van der Waals surface area (Å²) in [6.45, 7) is 6.20. The first-order valence-electron chi connectivity index (χ1n) is 6.95. The van der Waals surface area contributed by atoms with Gasteiger partial charge in [-0.25, -0.2) is 9.78 Å². The van der Waals surface area contributed by atoms with Gasteiger partial charge in [-0.1, -0.05) is 0 Å². The third-order valence-electron chi connectivity index (χ3n) is 3.28. The standard InChI is InChI=1S/C16H19N3O2/c1-3-19(4-2)14-8-6-13(7-9-14)18-15-10-5-12(11-17-15)16(20)21/h5-11H,3-4H2,1-2H3,(H,17,18)(H,20,21). The van der Waals surface area contributed by atoms with Crippen LogP contribution in [0.15, 0.2) is 42.6 Å². The van der Waals surface area contributed by atoms with E-state index in [-0.39, 0.29) is 5.56 Å². The number of carboxylic acid groups (broad SMARTS) is 1. The molecule has 21 heavy (non-hydrogen) atoms. The summed E-state index contributed by atoms with van der Waals surface area (Å²) in [7, 11) is 0. The molecule has 0 aliphatic rings. The van der Waals surface area contributed by atoms with Crippen LogP contribution in [0.4, 0.5) is 17.2 Å². The van der Waals surface area contributed by atoms with Crippen LogP contribution in [0.1, 0.15) is 24.2 Å². The zero-order chi connectivity index (χ0) is 15.2. The van der Waals surface area contributed by atoms with E-state index in [0.717, 1.165) is 18.8 Å². The molecule has 0 saturated carbocycles. The molecular formula is C16H19N3O2. The molecule has 0 spiro atoms. The summed E-state index contributed by atoms with van der Waals surface area (Å²) in [6.07, 6.45) is 1.34. The zero-order valence-corrected chi connectivity index (χ0v) is 12.2. The molecule has 0 aliphatic heterocycles. The molecule has 0 radical (unpaired) electrons. The molecular weight excluding hydrogens is 266 g/mol. The lowest BCUT2D eigenvalue weighted by Gasteiger charge is -2.21. The molecule has 1 heterocycles. The summed E-state index contributed by atoms with van der Waals surface area (Å²) in [4.78, 5) is 17.1. The Morgan fingerprint density at radius 3 is 2.29 bits per heavy atom. The molecule has 110 valence electrons. The summed E-state index contributed by atoms with van der Waals surface area (Å²) < 4.78 is 0. The molecule has 0 saturated heterocycles. The van der Waals surface area contributed by atoms with Gasteiger partial charge in [0.05, 0.1) is 5.56 Å². The normalized spacial score (nSPS) is 10.2. The average Bonchev–Trinajstić information content (AvgIpc) is 2.51. The Morgan fingerprint density at radius 2 is 1.81 bits per heavy atom. The van der Waals surface area contributed by atoms with E-state index >= 15 is 0 Å². The molecule has 2 N–H and O–H groups in total. The van der Waals surface area contributed by atoms with Crippen LogP contribution in [0.5, 0.6) is 0 Å². The number of nitrogens with zero attached hydrogens (tertiary/aromatic N) is 2. The average molecular weight is 285 g/mol. The number of hydrogen-bond acceptors (Lipinski definition) is 4. The predicted molar refractivity (Wildman–Crippen MR) is 84.5 cm³/mol. The maximum absolute atomic E-state index is 10.8. The quantitative estimate of drug-likeness (QED) is 0.852. The number of carbonyl (C=O) groups is 1. The fourth-order valence-electron chi connectivity index (χ4n) is 2.09. The van der Waals surface area contributed by atoms with Crippen molar-refractivity contribution in [3.05, 3.63) is 48.2 Å². The molecule has 1 aromatic heterocycles. The first-order valence-corrected chi connectivity index (χ1v) is 6.95. The van der Waals surface area contributed by atoms with Gasteiger partial charge in [-0.05, 0) is 50.2 Å². The fraction of sp³-hybridized carbons (Fsp3) is 0.250. The van der Waals surface area contributed by atoms with Gasteiger partial charge in [0.2, 0.25) is 0 Å². The highest BCUT2D eigenvalue weighted by Crippen LogP contribution is 2.20. The van der Waals surface area contributed by atoms with Crippen LogP contribution in [0.3, 0.4) is 0 Å². The lowest BCUT2D eigenvalue weighted by Crippen LogP contribution is -2.21. The Bertz CT molecular complexity index is 590. The third-order valence-corrected chi connectivity index (χ3v) is 3.28. The number of nitrogens with one attached hydrogen (secondary N) is 1. The maximum Gasteiger partial charge on any atom is 0.337 e. The SMILES string of the molecule is CCN(CC)c1ccc(Nc2ccc(C(=O)O)cn2)cc1. The van der Waals surface area contributed by atoms with Gasteiger partial charge in [0.15, 0.2) is 0 Å². The van der Waals surface area contributed by atoms with Gasteiger partial charge in [-0.3, -0.25) is 0 Å². The van der Waals surface area contributed by atoms with Crippen LogP contribution >= 0.6 is 0 Å². The Balaban J connectivity index is 2.07. The summed E-state index contributed by atoms with van der Waals surface area (Å²) in [5.41, 5.74) is 2.28. The highest BCUT2D eigenvalue weighted by atomic mass is 16.4. The van der Waals surface area contributed by atoms with Gasteiger partial charge in [-0.15, -0.1) is 0 Å². The van der Waals surface area contributed by atoms with Crippen molar-refractivity contribution in [2.24, 2.45) is 0 Å². The summed E-state index contributed by atoms with van der Waals surface area (Å²) in [5.74, 6) is -0.354. The molecule has 2 aromatic rings. The second-order valence-electron chi connectivity index (χ2n) is 4.58. The minimum Gasteiger partial charge on any atom is -0.478 e. The lowest BCUT2D eigenvalue weighted by molar-refractivity contribution is 0.0696.